The van der Waals surface area contributed by atoms with Gasteiger partial charge < -0.3 is 19.9 Å². The van der Waals surface area contributed by atoms with Gasteiger partial charge in [-0.05, 0) is 55.5 Å². The number of rotatable bonds is 6. The molecule has 0 aliphatic rings. The molecule has 0 aliphatic heterocycles. The smallest absolute Gasteiger partial charge is 0.136 e. The molecule has 0 saturated heterocycles. The molecule has 1 rings (SSSR count). The highest BCUT2D eigenvalue weighted by Crippen LogP contribution is 2.26. The fourth-order valence-electron chi connectivity index (χ4n) is 1.39. The Balaban J connectivity index is 0.00000361. The van der Waals surface area contributed by atoms with E-state index in [0.29, 0.717) is 6.54 Å². The number of nitrogens with one attached hydrogen (secondary N) is 1. The van der Waals surface area contributed by atoms with Gasteiger partial charge in [-0.15, -0.1) is 12.4 Å². The van der Waals surface area contributed by atoms with E-state index < -0.39 is 6.10 Å². The summed E-state index contributed by atoms with van der Waals surface area (Å²) in [5.41, 5.74) is -0.00856. The van der Waals surface area contributed by atoms with Crippen LogP contribution >= 0.6 is 35.0 Å². The van der Waals surface area contributed by atoms with Crippen LogP contribution < -0.4 is 14.8 Å². The molecule has 1 aromatic rings. The second-order valence-corrected chi connectivity index (χ2v) is 6.55. The summed E-state index contributed by atoms with van der Waals surface area (Å²) >= 11 is 2.20. The van der Waals surface area contributed by atoms with E-state index in [4.69, 9.17) is 9.47 Å². The Morgan fingerprint density at radius 1 is 1.35 bits per heavy atom. The third-order valence-electron chi connectivity index (χ3n) is 2.44. The predicted octanol–water partition coefficient (Wildman–Crippen LogP) is 2.85. The molecule has 4 nitrogen and oxygen atoms in total. The van der Waals surface area contributed by atoms with Gasteiger partial charge in [0.05, 0.1) is 10.7 Å². The Hall–Kier alpha value is -0.240. The Labute approximate surface area is 140 Å². The molecule has 0 radical (unpaired) electrons. The molecular weight excluding hydrogens is 393 g/mol. The van der Waals surface area contributed by atoms with E-state index >= 15 is 0 Å². The molecule has 1 atom stereocenters. The van der Waals surface area contributed by atoms with Crippen LogP contribution in [-0.2, 0) is 0 Å². The second kappa shape index (κ2) is 8.92. The Kier molecular flexibility index (Phi) is 8.81. The molecule has 0 amide bonds. The van der Waals surface area contributed by atoms with Gasteiger partial charge in [0.15, 0.2) is 0 Å². The lowest BCUT2D eigenvalue weighted by atomic mass is 10.1. The van der Waals surface area contributed by atoms with E-state index in [1.54, 1.807) is 7.11 Å². The first-order valence-electron chi connectivity index (χ1n) is 6.21. The van der Waals surface area contributed by atoms with Crippen LogP contribution in [0.25, 0.3) is 0 Å². The minimum Gasteiger partial charge on any atom is -0.497 e. The van der Waals surface area contributed by atoms with Gasteiger partial charge in [0, 0.05) is 18.2 Å². The minimum atomic E-state index is -0.541. The molecule has 0 aromatic heterocycles. The van der Waals surface area contributed by atoms with Gasteiger partial charge in [-0.3, -0.25) is 0 Å². The van der Waals surface area contributed by atoms with Crippen LogP contribution in [0, 0.1) is 3.57 Å². The molecule has 1 unspecified atom stereocenters. The summed E-state index contributed by atoms with van der Waals surface area (Å²) in [4.78, 5) is 0. The topological polar surface area (TPSA) is 50.7 Å². The first kappa shape index (κ1) is 19.8. The number of aliphatic hydroxyl groups is 1. The van der Waals surface area contributed by atoms with Crippen LogP contribution in [0.2, 0.25) is 0 Å². The fourth-order valence-corrected chi connectivity index (χ4v) is 1.88. The first-order chi connectivity index (χ1) is 8.81. The maximum atomic E-state index is 9.87. The van der Waals surface area contributed by atoms with Crippen LogP contribution in [0.15, 0.2) is 18.2 Å². The first-order valence-corrected chi connectivity index (χ1v) is 7.29. The van der Waals surface area contributed by atoms with E-state index in [-0.39, 0.29) is 24.6 Å². The standard InChI is InChI=1S/C14H22INO3.ClH/c1-14(2,3)16-8-10(17)9-19-13-7-11(18-4)5-6-12(13)15;/h5-7,10,16-17H,8-9H2,1-4H3;1H. The van der Waals surface area contributed by atoms with Crippen LogP contribution in [-0.4, -0.2) is 37.0 Å². The molecule has 1 aromatic carbocycles. The van der Waals surface area contributed by atoms with Crippen molar-refractivity contribution in [3.8, 4) is 11.5 Å². The lowest BCUT2D eigenvalue weighted by Gasteiger charge is -2.23. The van der Waals surface area contributed by atoms with Crippen LogP contribution in [0.3, 0.4) is 0 Å². The second-order valence-electron chi connectivity index (χ2n) is 5.39. The third kappa shape index (κ3) is 7.52. The normalized spacial score (nSPS) is 12.5. The summed E-state index contributed by atoms with van der Waals surface area (Å²) in [7, 11) is 1.62. The molecule has 20 heavy (non-hydrogen) atoms. The molecule has 116 valence electrons. The number of benzene rings is 1. The van der Waals surface area contributed by atoms with Crippen molar-refractivity contribution in [2.24, 2.45) is 0 Å². The van der Waals surface area contributed by atoms with Gasteiger partial charge >= 0.3 is 0 Å². The van der Waals surface area contributed by atoms with Crippen LogP contribution in [0.5, 0.6) is 11.5 Å². The van der Waals surface area contributed by atoms with Crippen LogP contribution in [0.1, 0.15) is 20.8 Å². The minimum absolute atomic E-state index is 0. The molecule has 0 saturated carbocycles. The van der Waals surface area contributed by atoms with E-state index in [2.05, 4.69) is 48.7 Å². The quantitative estimate of drug-likeness (QED) is 0.702. The lowest BCUT2D eigenvalue weighted by Crippen LogP contribution is -2.42. The van der Waals surface area contributed by atoms with E-state index in [0.717, 1.165) is 15.1 Å². The zero-order chi connectivity index (χ0) is 14.5. The number of aliphatic hydroxyl groups excluding tert-OH is 1. The lowest BCUT2D eigenvalue weighted by molar-refractivity contribution is 0.0995. The summed E-state index contributed by atoms with van der Waals surface area (Å²) in [6.07, 6.45) is -0.541. The van der Waals surface area contributed by atoms with Crippen molar-refractivity contribution in [3.63, 3.8) is 0 Å². The molecule has 6 heteroatoms. The zero-order valence-corrected chi connectivity index (χ0v) is 15.2. The van der Waals surface area contributed by atoms with Gasteiger partial charge in [0.1, 0.15) is 24.2 Å². The zero-order valence-electron chi connectivity index (χ0n) is 12.3. The number of hydrogen-bond donors (Lipinski definition) is 2. The summed E-state index contributed by atoms with van der Waals surface area (Å²) in [6.45, 7) is 6.94. The van der Waals surface area contributed by atoms with Crippen molar-refractivity contribution in [2.75, 3.05) is 20.3 Å². The number of halogens is 2. The SMILES string of the molecule is COc1ccc(I)c(OCC(O)CNC(C)(C)C)c1.Cl. The van der Waals surface area contributed by atoms with Gasteiger partial charge in [0.25, 0.3) is 0 Å². The van der Waals surface area contributed by atoms with Crippen molar-refractivity contribution < 1.29 is 14.6 Å². The molecule has 0 bridgehead atoms. The molecular formula is C14H23ClINO3. The fraction of sp³-hybridized carbons (Fsp3) is 0.571. The molecule has 0 spiro atoms. The monoisotopic (exact) mass is 415 g/mol. The Morgan fingerprint density at radius 3 is 2.55 bits per heavy atom. The highest BCUT2D eigenvalue weighted by molar-refractivity contribution is 14.1. The summed E-state index contributed by atoms with van der Waals surface area (Å²) in [5, 5.41) is 13.1. The van der Waals surface area contributed by atoms with Crippen molar-refractivity contribution in [1.82, 2.24) is 5.32 Å². The van der Waals surface area contributed by atoms with E-state index in [9.17, 15) is 5.11 Å². The molecule has 0 heterocycles. The largest absolute Gasteiger partial charge is 0.497 e. The van der Waals surface area contributed by atoms with Crippen molar-refractivity contribution in [1.29, 1.82) is 0 Å². The van der Waals surface area contributed by atoms with Gasteiger partial charge in [-0.1, -0.05) is 0 Å². The molecule has 0 fully saturated rings. The average Bonchev–Trinajstić information content (AvgIpc) is 2.34. The maximum absolute atomic E-state index is 9.87. The van der Waals surface area contributed by atoms with Crippen molar-refractivity contribution >= 4 is 35.0 Å². The summed E-state index contributed by atoms with van der Waals surface area (Å²) in [6, 6.07) is 5.63. The van der Waals surface area contributed by atoms with Gasteiger partial charge in [-0.25, -0.2) is 0 Å². The number of methoxy groups -OCH3 is 1. The number of ether oxygens (including phenoxy) is 2. The summed E-state index contributed by atoms with van der Waals surface area (Å²) < 4.78 is 11.8. The average molecular weight is 416 g/mol. The highest BCUT2D eigenvalue weighted by Gasteiger charge is 2.13. The molecule has 2 N–H and O–H groups in total. The number of hydrogen-bond acceptors (Lipinski definition) is 4. The maximum Gasteiger partial charge on any atom is 0.136 e. The van der Waals surface area contributed by atoms with Gasteiger partial charge in [-0.2, -0.15) is 0 Å². The highest BCUT2D eigenvalue weighted by atomic mass is 127. The van der Waals surface area contributed by atoms with Crippen LogP contribution in [0.4, 0.5) is 0 Å². The van der Waals surface area contributed by atoms with E-state index in [1.807, 2.05) is 18.2 Å². The van der Waals surface area contributed by atoms with E-state index in [1.165, 1.54) is 0 Å². The van der Waals surface area contributed by atoms with Crippen molar-refractivity contribution in [3.05, 3.63) is 21.8 Å². The Bertz CT molecular complexity index is 410. The molecule has 0 aliphatic carbocycles. The summed E-state index contributed by atoms with van der Waals surface area (Å²) in [5.74, 6) is 1.48. The van der Waals surface area contributed by atoms with Gasteiger partial charge in [0.2, 0.25) is 0 Å². The Morgan fingerprint density at radius 2 is 2.00 bits per heavy atom. The van der Waals surface area contributed by atoms with Crippen molar-refractivity contribution in [2.45, 2.75) is 32.4 Å². The third-order valence-corrected chi connectivity index (χ3v) is 3.33. The number of β-amino-alcohol motifs (C(OH)–C–C–N with tert-alkyl or cyclic N) is 1. The predicted molar refractivity (Wildman–Crippen MR) is 92.2 cm³/mol.